The van der Waals surface area contributed by atoms with E-state index in [1.54, 1.807) is 0 Å². The third kappa shape index (κ3) is 5.52. The second-order valence-corrected chi connectivity index (χ2v) is 7.48. The summed E-state index contributed by atoms with van der Waals surface area (Å²) in [7, 11) is 0. The maximum absolute atomic E-state index is 14.4. The van der Waals surface area contributed by atoms with Gasteiger partial charge in [0.05, 0.1) is 0 Å². The largest absolute Gasteiger partial charge is 0.333 e. The number of halogens is 6. The number of imide groups is 2. The first-order chi connectivity index (χ1) is 15.4. The van der Waals surface area contributed by atoms with Crippen LogP contribution < -0.4 is 0 Å². The van der Waals surface area contributed by atoms with Gasteiger partial charge >= 0.3 is 6.03 Å². The van der Waals surface area contributed by atoms with Crippen molar-refractivity contribution in [2.75, 3.05) is 13.1 Å². The Morgan fingerprint density at radius 1 is 0.697 bits per heavy atom. The first-order valence-electron chi connectivity index (χ1n) is 9.83. The first-order valence-corrected chi connectivity index (χ1v) is 9.83. The highest BCUT2D eigenvalue weighted by molar-refractivity contribution is 6.14. The van der Waals surface area contributed by atoms with Gasteiger partial charge in [-0.05, 0) is 24.3 Å². The summed E-state index contributed by atoms with van der Waals surface area (Å²) in [6, 6.07) is 5.99. The van der Waals surface area contributed by atoms with Crippen LogP contribution in [0.25, 0.3) is 0 Å². The van der Waals surface area contributed by atoms with E-state index in [2.05, 4.69) is 0 Å². The molecule has 1 heterocycles. The minimum atomic E-state index is -3.60. The maximum Gasteiger partial charge on any atom is 0.333 e. The molecule has 0 radical (unpaired) electrons. The van der Waals surface area contributed by atoms with E-state index in [1.165, 1.54) is 0 Å². The van der Waals surface area contributed by atoms with Crippen molar-refractivity contribution in [1.82, 2.24) is 9.80 Å². The zero-order valence-electron chi connectivity index (χ0n) is 17.0. The van der Waals surface area contributed by atoms with Crippen molar-refractivity contribution in [3.8, 4) is 0 Å². The Labute approximate surface area is 184 Å². The summed E-state index contributed by atoms with van der Waals surface area (Å²) >= 11 is 0. The van der Waals surface area contributed by atoms with E-state index in [0.717, 1.165) is 36.4 Å². The van der Waals surface area contributed by atoms with Crippen LogP contribution in [0.15, 0.2) is 48.5 Å². The minimum Gasteiger partial charge on any atom is -0.274 e. The molecular weight excluding hydrogens is 454 g/mol. The van der Waals surface area contributed by atoms with Gasteiger partial charge < -0.3 is 0 Å². The fourth-order valence-electron chi connectivity index (χ4n) is 3.35. The molecular formula is C22H18F6N2O3. The number of rotatable bonds is 8. The van der Waals surface area contributed by atoms with Crippen LogP contribution in [0.5, 0.6) is 0 Å². The number of carbonyl (C=O) groups excluding carboxylic acids is 3. The predicted octanol–water partition coefficient (Wildman–Crippen LogP) is 4.81. The highest BCUT2D eigenvalue weighted by Gasteiger charge is 2.42. The lowest BCUT2D eigenvalue weighted by Crippen LogP contribution is -2.56. The van der Waals surface area contributed by atoms with Crippen molar-refractivity contribution < 1.29 is 40.7 Å². The lowest BCUT2D eigenvalue weighted by atomic mass is 10.0. The van der Waals surface area contributed by atoms with Crippen LogP contribution in [-0.2, 0) is 21.4 Å². The highest BCUT2D eigenvalue weighted by Crippen LogP contribution is 2.34. The van der Waals surface area contributed by atoms with Crippen LogP contribution >= 0.6 is 0 Å². The molecule has 1 aliphatic rings. The summed E-state index contributed by atoms with van der Waals surface area (Å²) in [5, 5.41) is 0. The molecule has 0 spiro atoms. The normalized spacial score (nSPS) is 15.4. The monoisotopic (exact) mass is 472 g/mol. The van der Waals surface area contributed by atoms with Crippen molar-refractivity contribution in [3.05, 3.63) is 71.3 Å². The van der Waals surface area contributed by atoms with E-state index in [9.17, 15) is 40.7 Å². The Kier molecular flexibility index (Phi) is 6.80. The SMILES string of the molecule is O=C1CC(=O)N(CCC(F)(F)c2cccc(F)c2)C(=O)N1CCC(F)(F)c1cccc(F)c1. The van der Waals surface area contributed by atoms with E-state index >= 15 is 0 Å². The van der Waals surface area contributed by atoms with Gasteiger partial charge in [0, 0.05) is 37.1 Å². The van der Waals surface area contributed by atoms with Gasteiger partial charge in [0.15, 0.2) is 0 Å². The molecule has 0 bridgehead atoms. The van der Waals surface area contributed by atoms with Crippen molar-refractivity contribution in [2.45, 2.75) is 31.1 Å². The highest BCUT2D eigenvalue weighted by atomic mass is 19.3. The summed E-state index contributed by atoms with van der Waals surface area (Å²) in [6.45, 7) is -1.63. The van der Waals surface area contributed by atoms with Gasteiger partial charge in [0.1, 0.15) is 18.1 Å². The number of barbiturate groups is 1. The molecule has 0 N–H and O–H groups in total. The van der Waals surface area contributed by atoms with Crippen molar-refractivity contribution in [1.29, 1.82) is 0 Å². The topological polar surface area (TPSA) is 57.7 Å². The molecule has 1 fully saturated rings. The number of hydrogen-bond donors (Lipinski definition) is 0. The lowest BCUT2D eigenvalue weighted by molar-refractivity contribution is -0.143. The van der Waals surface area contributed by atoms with Crippen molar-refractivity contribution in [2.24, 2.45) is 0 Å². The Morgan fingerprint density at radius 2 is 1.09 bits per heavy atom. The molecule has 176 valence electrons. The molecule has 0 aromatic heterocycles. The van der Waals surface area contributed by atoms with Gasteiger partial charge in [-0.25, -0.2) is 31.1 Å². The quantitative estimate of drug-likeness (QED) is 0.409. The summed E-state index contributed by atoms with van der Waals surface area (Å²) in [6.07, 6.45) is -2.98. The zero-order chi connectivity index (χ0) is 24.4. The van der Waals surface area contributed by atoms with Crippen LogP contribution in [0, 0.1) is 11.6 Å². The third-order valence-corrected chi connectivity index (χ3v) is 5.16. The number of benzene rings is 2. The molecule has 0 saturated carbocycles. The van der Waals surface area contributed by atoms with E-state index in [0.29, 0.717) is 21.9 Å². The van der Waals surface area contributed by atoms with Crippen LogP contribution in [0.3, 0.4) is 0 Å². The average molecular weight is 472 g/mol. The second-order valence-electron chi connectivity index (χ2n) is 7.48. The second kappa shape index (κ2) is 9.24. The fourth-order valence-corrected chi connectivity index (χ4v) is 3.35. The number of amides is 4. The molecule has 2 aromatic rings. The van der Waals surface area contributed by atoms with Crippen LogP contribution in [0.1, 0.15) is 30.4 Å². The molecule has 11 heteroatoms. The number of urea groups is 1. The van der Waals surface area contributed by atoms with Gasteiger partial charge in [0.25, 0.3) is 11.8 Å². The minimum absolute atomic E-state index is 0.384. The maximum atomic E-state index is 14.4. The average Bonchev–Trinajstić information content (AvgIpc) is 2.73. The molecule has 33 heavy (non-hydrogen) atoms. The Balaban J connectivity index is 1.69. The van der Waals surface area contributed by atoms with Crippen LogP contribution in [0.2, 0.25) is 0 Å². The number of nitrogens with zero attached hydrogens (tertiary/aromatic N) is 2. The molecule has 1 aliphatic heterocycles. The summed E-state index contributed by atoms with van der Waals surface area (Å²) in [5.41, 5.74) is -1.33. The van der Waals surface area contributed by atoms with Gasteiger partial charge in [-0.2, -0.15) is 0 Å². The summed E-state index contributed by atoms with van der Waals surface area (Å²) < 4.78 is 84.2. The van der Waals surface area contributed by atoms with E-state index < -0.39 is 84.8 Å². The Hall–Kier alpha value is -3.37. The standard InChI is InChI=1S/C22H18F6N2O3/c23-16-5-1-3-14(11-16)21(25,26)7-9-29-18(31)13-19(32)30(20(29)33)10-8-22(27,28)15-4-2-6-17(24)12-15/h1-6,11-12H,7-10,13H2. The van der Waals surface area contributed by atoms with Gasteiger partial charge in [0.2, 0.25) is 11.8 Å². The molecule has 0 atom stereocenters. The van der Waals surface area contributed by atoms with Gasteiger partial charge in [-0.15, -0.1) is 0 Å². The van der Waals surface area contributed by atoms with Crippen LogP contribution in [0.4, 0.5) is 31.1 Å². The van der Waals surface area contributed by atoms with Crippen LogP contribution in [-0.4, -0.2) is 40.7 Å². The summed E-state index contributed by atoms with van der Waals surface area (Å²) in [5.74, 6) is -11.1. The smallest absolute Gasteiger partial charge is 0.274 e. The lowest BCUT2D eigenvalue weighted by Gasteiger charge is -2.34. The Bertz CT molecular complexity index is 994. The molecule has 0 unspecified atom stereocenters. The van der Waals surface area contributed by atoms with Crippen molar-refractivity contribution >= 4 is 17.8 Å². The fraction of sp³-hybridized carbons (Fsp3) is 0.318. The molecule has 1 saturated heterocycles. The molecule has 5 nitrogen and oxygen atoms in total. The number of carbonyl (C=O) groups is 3. The number of alkyl halides is 4. The summed E-state index contributed by atoms with van der Waals surface area (Å²) in [4.78, 5) is 37.5. The third-order valence-electron chi connectivity index (χ3n) is 5.16. The Morgan fingerprint density at radius 3 is 1.45 bits per heavy atom. The first kappa shape index (κ1) is 24.3. The molecule has 2 aromatic carbocycles. The molecule has 3 rings (SSSR count). The van der Waals surface area contributed by atoms with Gasteiger partial charge in [-0.1, -0.05) is 24.3 Å². The van der Waals surface area contributed by atoms with Crippen molar-refractivity contribution in [3.63, 3.8) is 0 Å². The number of hydrogen-bond acceptors (Lipinski definition) is 3. The predicted molar refractivity (Wildman–Crippen MR) is 103 cm³/mol. The molecule has 4 amide bonds. The van der Waals surface area contributed by atoms with E-state index in [-0.39, 0.29) is 0 Å². The molecule has 0 aliphatic carbocycles. The van der Waals surface area contributed by atoms with E-state index in [1.807, 2.05) is 0 Å². The van der Waals surface area contributed by atoms with Gasteiger partial charge in [-0.3, -0.25) is 19.4 Å². The zero-order valence-corrected chi connectivity index (χ0v) is 17.0. The van der Waals surface area contributed by atoms with E-state index in [4.69, 9.17) is 0 Å².